The molecule has 0 saturated heterocycles. The molecule has 2 amide bonds. The highest BCUT2D eigenvalue weighted by atomic mass is 79.9. The van der Waals surface area contributed by atoms with Crippen LogP contribution in [-0.2, 0) is 26.2 Å². The van der Waals surface area contributed by atoms with Gasteiger partial charge in [-0.15, -0.1) is 0 Å². The average molecular weight is 579 g/mol. The van der Waals surface area contributed by atoms with E-state index in [1.807, 2.05) is 31.2 Å². The van der Waals surface area contributed by atoms with E-state index >= 15 is 0 Å². The van der Waals surface area contributed by atoms with Gasteiger partial charge in [0, 0.05) is 22.6 Å². The van der Waals surface area contributed by atoms with E-state index in [1.165, 1.54) is 23.1 Å². The summed E-state index contributed by atoms with van der Waals surface area (Å²) in [5.41, 5.74) is 0.866. The highest BCUT2D eigenvalue weighted by Crippen LogP contribution is 2.31. The van der Waals surface area contributed by atoms with E-state index in [0.717, 1.165) is 27.0 Å². The molecule has 2 aromatic carbocycles. The summed E-state index contributed by atoms with van der Waals surface area (Å²) >= 11 is 15.7. The number of halogens is 3. The van der Waals surface area contributed by atoms with E-state index in [0.29, 0.717) is 6.54 Å². The van der Waals surface area contributed by atoms with Gasteiger partial charge in [0.25, 0.3) is 0 Å². The fraction of sp³-hybridized carbons (Fsp3) is 0.364. The quantitative estimate of drug-likeness (QED) is 0.451. The zero-order valence-electron chi connectivity index (χ0n) is 18.5. The molecule has 2 rings (SSSR count). The summed E-state index contributed by atoms with van der Waals surface area (Å²) in [5, 5.41) is 3.19. The van der Waals surface area contributed by atoms with Crippen LogP contribution in [0.15, 0.2) is 46.9 Å². The molecule has 0 aliphatic carbocycles. The number of benzene rings is 2. The Bertz CT molecular complexity index is 1110. The molecule has 2 aromatic rings. The van der Waals surface area contributed by atoms with E-state index in [4.69, 9.17) is 23.2 Å². The molecule has 0 spiro atoms. The number of hydrogen-bond donors (Lipinski definition) is 1. The summed E-state index contributed by atoms with van der Waals surface area (Å²) in [6.45, 7) is 3.57. The summed E-state index contributed by atoms with van der Waals surface area (Å²) in [6.07, 6.45) is 1.72. The third-order valence-corrected chi connectivity index (χ3v) is 6.99. The van der Waals surface area contributed by atoms with Gasteiger partial charge in [0.05, 0.1) is 17.0 Å². The zero-order chi connectivity index (χ0) is 24.8. The molecule has 7 nitrogen and oxygen atoms in total. The van der Waals surface area contributed by atoms with E-state index in [-0.39, 0.29) is 28.2 Å². The fourth-order valence-corrected chi connectivity index (χ4v) is 4.82. The lowest BCUT2D eigenvalue weighted by atomic mass is 10.1. The van der Waals surface area contributed by atoms with Crippen LogP contribution in [0.4, 0.5) is 5.69 Å². The molecular formula is C22H26BrCl2N3O4S. The first-order valence-electron chi connectivity index (χ1n) is 10.2. The van der Waals surface area contributed by atoms with E-state index in [1.54, 1.807) is 6.92 Å². The second-order valence-electron chi connectivity index (χ2n) is 7.48. The predicted octanol–water partition coefficient (Wildman–Crippen LogP) is 4.47. The maximum absolute atomic E-state index is 13.4. The number of amides is 2. The smallest absolute Gasteiger partial charge is 0.244 e. The molecule has 1 atom stereocenters. The number of nitrogens with one attached hydrogen (secondary N) is 1. The van der Waals surface area contributed by atoms with Crippen LogP contribution in [0.1, 0.15) is 25.8 Å². The topological polar surface area (TPSA) is 86.8 Å². The van der Waals surface area contributed by atoms with Gasteiger partial charge < -0.3 is 10.2 Å². The summed E-state index contributed by atoms with van der Waals surface area (Å²) < 4.78 is 26.9. The molecule has 1 N–H and O–H groups in total. The Labute approximate surface area is 213 Å². The van der Waals surface area contributed by atoms with Crippen LogP contribution in [0.5, 0.6) is 0 Å². The fourth-order valence-electron chi connectivity index (χ4n) is 3.08. The van der Waals surface area contributed by atoms with Gasteiger partial charge in [-0.1, -0.05) is 58.2 Å². The molecule has 0 bridgehead atoms. The van der Waals surface area contributed by atoms with Crippen molar-refractivity contribution in [1.82, 2.24) is 10.2 Å². The number of anilines is 1. The molecule has 0 heterocycles. The van der Waals surface area contributed by atoms with Gasteiger partial charge >= 0.3 is 0 Å². The largest absolute Gasteiger partial charge is 0.354 e. The number of rotatable bonds is 10. The first-order chi connectivity index (χ1) is 15.4. The van der Waals surface area contributed by atoms with Crippen LogP contribution < -0.4 is 9.62 Å². The van der Waals surface area contributed by atoms with Gasteiger partial charge in [0.15, 0.2) is 0 Å². The number of carbonyl (C=O) groups is 2. The van der Waals surface area contributed by atoms with Crippen molar-refractivity contribution >= 4 is 66.7 Å². The summed E-state index contributed by atoms with van der Waals surface area (Å²) in [6, 6.07) is 10.9. The lowest BCUT2D eigenvalue weighted by molar-refractivity contribution is -0.139. The Morgan fingerprint density at radius 1 is 1.15 bits per heavy atom. The monoisotopic (exact) mass is 577 g/mol. The average Bonchev–Trinajstić information content (AvgIpc) is 2.74. The third-order valence-electron chi connectivity index (χ3n) is 4.81. The minimum Gasteiger partial charge on any atom is -0.354 e. The number of sulfonamides is 1. The standard InChI is InChI=1S/C22H26BrCl2N3O4S/c1-4-10-26-22(30)15(2)27(13-16-6-5-7-17(23)11-16)21(29)14-28(33(3,31)32)20-12-18(24)8-9-19(20)25/h5-9,11-12,15H,4,10,13-14H2,1-3H3,(H,26,30). The van der Waals surface area contributed by atoms with Gasteiger partial charge in [-0.05, 0) is 49.2 Å². The van der Waals surface area contributed by atoms with Crippen LogP contribution in [0.25, 0.3) is 0 Å². The minimum atomic E-state index is -3.89. The van der Waals surface area contributed by atoms with Crippen molar-refractivity contribution < 1.29 is 18.0 Å². The molecule has 33 heavy (non-hydrogen) atoms. The van der Waals surface area contributed by atoms with Crippen molar-refractivity contribution in [2.24, 2.45) is 0 Å². The lowest BCUT2D eigenvalue weighted by Crippen LogP contribution is -2.51. The highest BCUT2D eigenvalue weighted by molar-refractivity contribution is 9.10. The second-order valence-corrected chi connectivity index (χ2v) is 11.2. The second kappa shape index (κ2) is 12.1. The molecule has 0 saturated carbocycles. The van der Waals surface area contributed by atoms with E-state index in [9.17, 15) is 18.0 Å². The Balaban J connectivity index is 2.42. The molecule has 0 radical (unpaired) electrons. The van der Waals surface area contributed by atoms with Crippen LogP contribution >= 0.6 is 39.1 Å². The molecule has 180 valence electrons. The molecular weight excluding hydrogens is 553 g/mol. The summed E-state index contributed by atoms with van der Waals surface area (Å²) in [5.74, 6) is -0.887. The first kappa shape index (κ1) is 27.4. The van der Waals surface area contributed by atoms with Crippen LogP contribution in [-0.4, -0.2) is 50.5 Å². The van der Waals surface area contributed by atoms with E-state index < -0.39 is 28.5 Å². The van der Waals surface area contributed by atoms with Gasteiger partial charge in [0.1, 0.15) is 12.6 Å². The van der Waals surface area contributed by atoms with Gasteiger partial charge in [0.2, 0.25) is 21.8 Å². The SMILES string of the molecule is CCCNC(=O)C(C)N(Cc1cccc(Br)c1)C(=O)CN(c1cc(Cl)ccc1Cl)S(C)(=O)=O. The van der Waals surface area contributed by atoms with Crippen molar-refractivity contribution in [3.63, 3.8) is 0 Å². The Morgan fingerprint density at radius 3 is 2.45 bits per heavy atom. The first-order valence-corrected chi connectivity index (χ1v) is 13.6. The number of hydrogen-bond acceptors (Lipinski definition) is 4. The van der Waals surface area contributed by atoms with Crippen molar-refractivity contribution in [2.75, 3.05) is 23.7 Å². The Hall–Kier alpha value is -1.81. The van der Waals surface area contributed by atoms with Gasteiger partial charge in [-0.2, -0.15) is 0 Å². The van der Waals surface area contributed by atoms with Crippen LogP contribution in [0.3, 0.4) is 0 Å². The number of carbonyl (C=O) groups excluding carboxylic acids is 2. The lowest BCUT2D eigenvalue weighted by Gasteiger charge is -2.31. The maximum Gasteiger partial charge on any atom is 0.244 e. The highest BCUT2D eigenvalue weighted by Gasteiger charge is 2.30. The Kier molecular flexibility index (Phi) is 10.0. The van der Waals surface area contributed by atoms with Crippen molar-refractivity contribution in [3.8, 4) is 0 Å². The molecule has 0 aromatic heterocycles. The minimum absolute atomic E-state index is 0.0884. The van der Waals surface area contributed by atoms with Crippen LogP contribution in [0, 0.1) is 0 Å². The summed E-state index contributed by atoms with van der Waals surface area (Å²) in [7, 11) is -3.89. The van der Waals surface area contributed by atoms with Gasteiger partial charge in [-0.25, -0.2) is 8.42 Å². The molecule has 1 unspecified atom stereocenters. The van der Waals surface area contributed by atoms with Crippen molar-refractivity contribution in [1.29, 1.82) is 0 Å². The predicted molar refractivity (Wildman–Crippen MR) is 136 cm³/mol. The maximum atomic E-state index is 13.4. The molecule has 0 fully saturated rings. The van der Waals surface area contributed by atoms with E-state index in [2.05, 4.69) is 21.2 Å². The molecule has 0 aliphatic rings. The van der Waals surface area contributed by atoms with Crippen molar-refractivity contribution in [2.45, 2.75) is 32.9 Å². The number of nitrogens with zero attached hydrogens (tertiary/aromatic N) is 2. The van der Waals surface area contributed by atoms with Crippen LogP contribution in [0.2, 0.25) is 10.0 Å². The normalized spacial score (nSPS) is 12.2. The third kappa shape index (κ3) is 7.88. The molecule has 0 aliphatic heterocycles. The zero-order valence-corrected chi connectivity index (χ0v) is 22.4. The molecule has 11 heteroatoms. The summed E-state index contributed by atoms with van der Waals surface area (Å²) in [4.78, 5) is 27.5. The van der Waals surface area contributed by atoms with Gasteiger partial charge in [-0.3, -0.25) is 13.9 Å². The van der Waals surface area contributed by atoms with Crippen molar-refractivity contribution in [3.05, 3.63) is 62.5 Å². The Morgan fingerprint density at radius 2 is 1.85 bits per heavy atom.